The van der Waals surface area contributed by atoms with E-state index in [4.69, 9.17) is 4.74 Å². The Kier molecular flexibility index (Phi) is 4.73. The van der Waals surface area contributed by atoms with E-state index in [2.05, 4.69) is 5.32 Å². The van der Waals surface area contributed by atoms with E-state index in [1.54, 1.807) is 31.2 Å². The molecule has 0 aliphatic carbocycles. The van der Waals surface area contributed by atoms with E-state index < -0.39 is 29.3 Å². The first-order valence-corrected chi connectivity index (χ1v) is 8.68. The fraction of sp³-hybridized carbons (Fsp3) is 0.294. The Balaban J connectivity index is 1.89. The van der Waals surface area contributed by atoms with Crippen molar-refractivity contribution in [3.8, 4) is 0 Å². The van der Waals surface area contributed by atoms with E-state index in [9.17, 15) is 24.3 Å². The van der Waals surface area contributed by atoms with Gasteiger partial charge in [-0.3, -0.25) is 19.3 Å². The summed E-state index contributed by atoms with van der Waals surface area (Å²) in [5.74, 6) is -2.65. The number of carboxylic acids is 1. The minimum atomic E-state index is -1.20. The van der Waals surface area contributed by atoms with Gasteiger partial charge in [0.05, 0.1) is 0 Å². The van der Waals surface area contributed by atoms with Crippen LogP contribution < -0.4 is 5.32 Å². The molecule has 2 heterocycles. The summed E-state index contributed by atoms with van der Waals surface area (Å²) < 4.78 is 5.11. The van der Waals surface area contributed by atoms with Crippen LogP contribution in [-0.2, 0) is 23.9 Å². The molecule has 2 aliphatic rings. The van der Waals surface area contributed by atoms with Crippen LogP contribution in [0, 0.1) is 5.92 Å². The van der Waals surface area contributed by atoms with Crippen molar-refractivity contribution < 1.29 is 29.0 Å². The van der Waals surface area contributed by atoms with Gasteiger partial charge >= 0.3 is 11.9 Å². The Labute approximate surface area is 153 Å². The zero-order chi connectivity index (χ0) is 19.0. The van der Waals surface area contributed by atoms with Crippen molar-refractivity contribution in [2.75, 3.05) is 5.32 Å². The molecule has 2 amide bonds. The highest BCUT2D eigenvalue weighted by Crippen LogP contribution is 2.54. The maximum absolute atomic E-state index is 12.5. The molecule has 3 rings (SSSR count). The first-order chi connectivity index (χ1) is 12.3. The largest absolute Gasteiger partial charge is 0.477 e. The summed E-state index contributed by atoms with van der Waals surface area (Å²) >= 11 is 1.26. The van der Waals surface area contributed by atoms with Crippen LogP contribution in [0.3, 0.4) is 0 Å². The van der Waals surface area contributed by atoms with Gasteiger partial charge in [0, 0.05) is 17.5 Å². The second kappa shape index (κ2) is 6.83. The number of thioether (sulfide) groups is 1. The Morgan fingerprint density at radius 3 is 2.54 bits per heavy atom. The molecule has 0 radical (unpaired) electrons. The van der Waals surface area contributed by atoms with Crippen molar-refractivity contribution >= 4 is 46.6 Å². The number of hydrogen-bond donors (Lipinski definition) is 2. The van der Waals surface area contributed by atoms with Crippen LogP contribution in [0.2, 0.25) is 0 Å². The maximum atomic E-state index is 12.5. The standard InChI is InChI=1S/C17H16N2O6S/c1-8(25-9(2)21)12-15(22)19-13(17(23)24)14(26-16(12)19)10-3-5-11(6-4-10)18-7-20/h3-8,12,16H,1-2H3,(H,18,20)(H,23,24)/t8-,12+,16-/m1/s1. The number of carbonyl (C=O) groups is 4. The number of fused-ring (bicyclic) bond motifs is 1. The van der Waals surface area contributed by atoms with Gasteiger partial charge in [-0.2, -0.15) is 0 Å². The molecule has 0 unspecified atom stereocenters. The lowest BCUT2D eigenvalue weighted by Gasteiger charge is -2.44. The first-order valence-electron chi connectivity index (χ1n) is 7.80. The normalized spacial score (nSPS) is 22.4. The number of β-lactam (4-membered cyclic amide) rings is 1. The highest BCUT2D eigenvalue weighted by Gasteiger charge is 2.58. The van der Waals surface area contributed by atoms with Gasteiger partial charge in [0.25, 0.3) is 0 Å². The number of aliphatic carboxylic acids is 1. The molecule has 1 aromatic carbocycles. The number of benzene rings is 1. The van der Waals surface area contributed by atoms with Gasteiger partial charge in [-0.25, -0.2) is 4.79 Å². The molecule has 1 fully saturated rings. The molecule has 1 aromatic rings. The minimum absolute atomic E-state index is 0.0765. The van der Waals surface area contributed by atoms with E-state index in [1.807, 2.05) is 0 Å². The van der Waals surface area contributed by atoms with Crippen LogP contribution in [0.25, 0.3) is 4.91 Å². The number of rotatable bonds is 6. The van der Waals surface area contributed by atoms with Gasteiger partial charge in [0.15, 0.2) is 0 Å². The van der Waals surface area contributed by atoms with Crippen molar-refractivity contribution in [1.82, 2.24) is 4.90 Å². The highest BCUT2D eigenvalue weighted by atomic mass is 32.2. The van der Waals surface area contributed by atoms with Gasteiger partial charge in [0.2, 0.25) is 12.3 Å². The van der Waals surface area contributed by atoms with Crippen LogP contribution in [0.1, 0.15) is 19.4 Å². The van der Waals surface area contributed by atoms with E-state index >= 15 is 0 Å². The van der Waals surface area contributed by atoms with Crippen molar-refractivity contribution in [3.05, 3.63) is 35.5 Å². The molecule has 0 spiro atoms. The third kappa shape index (κ3) is 2.94. The maximum Gasteiger partial charge on any atom is 0.353 e. The molecule has 136 valence electrons. The molecule has 2 aliphatic heterocycles. The Bertz CT molecular complexity index is 819. The zero-order valence-electron chi connectivity index (χ0n) is 14.0. The molecule has 9 heteroatoms. The number of nitrogens with zero attached hydrogens (tertiary/aromatic N) is 1. The molecular weight excluding hydrogens is 360 g/mol. The average molecular weight is 376 g/mol. The molecule has 1 saturated heterocycles. The summed E-state index contributed by atoms with van der Waals surface area (Å²) in [5.41, 5.74) is 1.13. The Morgan fingerprint density at radius 1 is 1.35 bits per heavy atom. The lowest BCUT2D eigenvalue weighted by Crippen LogP contribution is -2.61. The monoisotopic (exact) mass is 376 g/mol. The number of amides is 2. The van der Waals surface area contributed by atoms with E-state index in [-0.39, 0.29) is 11.6 Å². The molecule has 3 atom stereocenters. The summed E-state index contributed by atoms with van der Waals surface area (Å²) in [6.07, 6.45) is -0.0883. The zero-order valence-corrected chi connectivity index (χ0v) is 14.8. The van der Waals surface area contributed by atoms with Gasteiger partial charge in [-0.15, -0.1) is 0 Å². The van der Waals surface area contributed by atoms with E-state index in [1.165, 1.54) is 23.6 Å². The smallest absolute Gasteiger partial charge is 0.353 e. The lowest BCUT2D eigenvalue weighted by atomic mass is 9.91. The molecule has 2 N–H and O–H groups in total. The number of ether oxygens (including phenoxy) is 1. The number of hydrogen-bond acceptors (Lipinski definition) is 6. The molecular formula is C17H16N2O6S. The fourth-order valence-electron chi connectivity index (χ4n) is 3.09. The first kappa shape index (κ1) is 18.0. The van der Waals surface area contributed by atoms with Gasteiger partial charge in [0.1, 0.15) is 23.1 Å². The van der Waals surface area contributed by atoms with Crippen molar-refractivity contribution in [3.63, 3.8) is 0 Å². The SMILES string of the molecule is CC(=O)O[C@H](C)[C@H]1C(=O)N2C(C(=O)O)=C(c3ccc(NC=O)cc3)S[C@H]12. The van der Waals surface area contributed by atoms with Crippen LogP contribution >= 0.6 is 11.8 Å². The molecule has 0 aromatic heterocycles. The van der Waals surface area contributed by atoms with E-state index in [0.717, 1.165) is 0 Å². The van der Waals surface area contributed by atoms with Gasteiger partial charge in [-0.1, -0.05) is 23.9 Å². The van der Waals surface area contributed by atoms with Crippen molar-refractivity contribution in [2.45, 2.75) is 25.3 Å². The fourth-order valence-corrected chi connectivity index (χ4v) is 4.70. The van der Waals surface area contributed by atoms with Gasteiger partial charge in [-0.05, 0) is 24.6 Å². The summed E-state index contributed by atoms with van der Waals surface area (Å²) in [5, 5.41) is 11.7. The minimum Gasteiger partial charge on any atom is -0.477 e. The van der Waals surface area contributed by atoms with Crippen LogP contribution in [0.15, 0.2) is 30.0 Å². The van der Waals surface area contributed by atoms with Crippen molar-refractivity contribution in [1.29, 1.82) is 0 Å². The topological polar surface area (TPSA) is 113 Å². The summed E-state index contributed by atoms with van der Waals surface area (Å²) in [6, 6.07) is 6.65. The van der Waals surface area contributed by atoms with E-state index in [0.29, 0.717) is 22.6 Å². The third-order valence-corrected chi connectivity index (χ3v) is 5.62. The molecule has 26 heavy (non-hydrogen) atoms. The summed E-state index contributed by atoms with van der Waals surface area (Å²) in [6.45, 7) is 2.89. The highest BCUT2D eigenvalue weighted by molar-refractivity contribution is 8.09. The van der Waals surface area contributed by atoms with Crippen molar-refractivity contribution in [2.24, 2.45) is 5.92 Å². The molecule has 0 saturated carbocycles. The third-order valence-electron chi connectivity index (χ3n) is 4.21. The lowest BCUT2D eigenvalue weighted by molar-refractivity contribution is -0.165. The number of carboxylic acid groups (broad SMARTS) is 1. The predicted octanol–water partition coefficient (Wildman–Crippen LogP) is 1.49. The number of carbonyl (C=O) groups excluding carboxylic acids is 3. The van der Waals surface area contributed by atoms with Crippen LogP contribution in [0.4, 0.5) is 5.69 Å². The van der Waals surface area contributed by atoms with Crippen LogP contribution in [0.5, 0.6) is 0 Å². The summed E-state index contributed by atoms with van der Waals surface area (Å²) in [4.78, 5) is 47.5. The summed E-state index contributed by atoms with van der Waals surface area (Å²) in [7, 11) is 0. The van der Waals surface area contributed by atoms with Crippen LogP contribution in [-0.4, -0.2) is 45.7 Å². The second-order valence-corrected chi connectivity index (χ2v) is 7.01. The number of anilines is 1. The quantitative estimate of drug-likeness (QED) is 0.439. The molecule has 8 nitrogen and oxygen atoms in total. The molecule has 0 bridgehead atoms. The Morgan fingerprint density at radius 2 is 2.00 bits per heavy atom. The predicted molar refractivity (Wildman–Crippen MR) is 93.6 cm³/mol. The average Bonchev–Trinajstić information content (AvgIpc) is 2.90. The number of esters is 1. The van der Waals surface area contributed by atoms with Gasteiger partial charge < -0.3 is 15.2 Å². The number of nitrogens with one attached hydrogen (secondary N) is 1. The second-order valence-electron chi connectivity index (χ2n) is 5.88. The Hall–Kier alpha value is -2.81.